The van der Waals surface area contributed by atoms with E-state index in [2.05, 4.69) is 26.2 Å². The Labute approximate surface area is 102 Å². The minimum absolute atomic E-state index is 0.514. The molecule has 0 aliphatic carbocycles. The maximum atomic E-state index is 5.88. The van der Waals surface area contributed by atoms with Crippen LogP contribution in [0, 0.1) is 0 Å². The van der Waals surface area contributed by atoms with Gasteiger partial charge in [-0.2, -0.15) is 11.8 Å². The van der Waals surface area contributed by atoms with Gasteiger partial charge in [0.05, 0.1) is 5.69 Å². The maximum Gasteiger partial charge on any atom is 0.149 e. The van der Waals surface area contributed by atoms with E-state index in [1.165, 1.54) is 18.6 Å². The summed E-state index contributed by atoms with van der Waals surface area (Å²) in [6.45, 7) is 0. The van der Waals surface area contributed by atoms with Crippen molar-refractivity contribution in [3.8, 4) is 0 Å². The number of halogens is 1. The van der Waals surface area contributed by atoms with E-state index in [-0.39, 0.29) is 0 Å². The van der Waals surface area contributed by atoms with Crippen LogP contribution in [0.2, 0.25) is 0 Å². The lowest BCUT2D eigenvalue weighted by molar-refractivity contribution is 0.682. The van der Waals surface area contributed by atoms with Crippen LogP contribution in [0.5, 0.6) is 0 Å². The highest BCUT2D eigenvalue weighted by molar-refractivity contribution is 9.10. The number of thioether (sulfide) groups is 1. The fourth-order valence-electron chi connectivity index (χ4n) is 1.62. The second-order valence-electron chi connectivity index (χ2n) is 3.65. The van der Waals surface area contributed by atoms with Gasteiger partial charge in [-0.3, -0.25) is 0 Å². The number of hydrogen-bond donors (Lipinski definition) is 2. The second kappa shape index (κ2) is 5.07. The fraction of sp³-hybridized carbons (Fsp3) is 0.500. The van der Waals surface area contributed by atoms with E-state index in [9.17, 15) is 0 Å². The predicted octanol–water partition coefficient (Wildman–Crippen LogP) is 2.73. The zero-order chi connectivity index (χ0) is 10.7. The first-order valence-corrected chi connectivity index (χ1v) is 6.96. The predicted molar refractivity (Wildman–Crippen MR) is 70.3 cm³/mol. The molecule has 1 atom stereocenters. The third kappa shape index (κ3) is 3.01. The van der Waals surface area contributed by atoms with Crippen molar-refractivity contribution >= 4 is 39.2 Å². The molecule has 1 fully saturated rings. The molecule has 82 valence electrons. The van der Waals surface area contributed by atoms with E-state index in [4.69, 9.17) is 5.73 Å². The maximum absolute atomic E-state index is 5.88. The highest BCUT2D eigenvalue weighted by Crippen LogP contribution is 2.24. The van der Waals surface area contributed by atoms with Crippen molar-refractivity contribution in [3.63, 3.8) is 0 Å². The SMILES string of the molecule is Nc1cc(Br)cnc1NC1CCCSC1. The number of anilines is 2. The molecule has 0 amide bonds. The van der Waals surface area contributed by atoms with Gasteiger partial charge in [-0.1, -0.05) is 0 Å². The number of nitrogen functional groups attached to an aromatic ring is 1. The van der Waals surface area contributed by atoms with Gasteiger partial charge < -0.3 is 11.1 Å². The number of aromatic nitrogens is 1. The van der Waals surface area contributed by atoms with Crippen LogP contribution >= 0.6 is 27.7 Å². The monoisotopic (exact) mass is 287 g/mol. The van der Waals surface area contributed by atoms with E-state index in [0.29, 0.717) is 11.7 Å². The quantitative estimate of drug-likeness (QED) is 0.878. The van der Waals surface area contributed by atoms with Crippen molar-refractivity contribution in [2.75, 3.05) is 22.6 Å². The standard InChI is InChI=1S/C10H14BrN3S/c11-7-4-9(12)10(13-5-7)14-8-2-1-3-15-6-8/h4-5,8H,1-3,6,12H2,(H,13,14). The van der Waals surface area contributed by atoms with Gasteiger partial charge in [0.1, 0.15) is 5.82 Å². The molecule has 0 spiro atoms. The summed E-state index contributed by atoms with van der Waals surface area (Å²) in [4.78, 5) is 4.28. The van der Waals surface area contributed by atoms with Crippen LogP contribution in [0.3, 0.4) is 0 Å². The van der Waals surface area contributed by atoms with Gasteiger partial charge in [0.2, 0.25) is 0 Å². The number of nitrogens with two attached hydrogens (primary N) is 1. The molecular weight excluding hydrogens is 274 g/mol. The number of nitrogens with zero attached hydrogens (tertiary/aromatic N) is 1. The largest absolute Gasteiger partial charge is 0.396 e. The lowest BCUT2D eigenvalue weighted by Crippen LogP contribution is -2.26. The van der Waals surface area contributed by atoms with Crippen LogP contribution in [0.1, 0.15) is 12.8 Å². The molecule has 15 heavy (non-hydrogen) atoms. The number of nitrogens with one attached hydrogen (secondary N) is 1. The van der Waals surface area contributed by atoms with E-state index in [1.807, 2.05) is 17.8 Å². The Kier molecular flexibility index (Phi) is 3.75. The molecule has 3 N–H and O–H groups in total. The summed E-state index contributed by atoms with van der Waals surface area (Å²) < 4.78 is 0.920. The van der Waals surface area contributed by atoms with Crippen LogP contribution in [-0.2, 0) is 0 Å². The van der Waals surface area contributed by atoms with Crippen LogP contribution in [0.25, 0.3) is 0 Å². The Morgan fingerprint density at radius 2 is 2.47 bits per heavy atom. The summed E-state index contributed by atoms with van der Waals surface area (Å²) in [5, 5.41) is 3.40. The molecule has 1 unspecified atom stereocenters. The Balaban J connectivity index is 2.03. The molecule has 0 aromatic carbocycles. The zero-order valence-electron chi connectivity index (χ0n) is 8.37. The molecule has 1 aliphatic heterocycles. The summed E-state index contributed by atoms with van der Waals surface area (Å²) >= 11 is 5.34. The van der Waals surface area contributed by atoms with Crippen LogP contribution < -0.4 is 11.1 Å². The molecule has 1 aromatic heterocycles. The van der Waals surface area contributed by atoms with E-state index in [1.54, 1.807) is 6.20 Å². The zero-order valence-corrected chi connectivity index (χ0v) is 10.8. The summed E-state index contributed by atoms with van der Waals surface area (Å²) in [7, 11) is 0. The summed E-state index contributed by atoms with van der Waals surface area (Å²) in [6.07, 6.45) is 4.26. The Bertz CT molecular complexity index is 339. The highest BCUT2D eigenvalue weighted by Gasteiger charge is 2.14. The highest BCUT2D eigenvalue weighted by atomic mass is 79.9. The smallest absolute Gasteiger partial charge is 0.149 e. The average molecular weight is 288 g/mol. The second-order valence-corrected chi connectivity index (χ2v) is 5.72. The van der Waals surface area contributed by atoms with Crippen LogP contribution in [-0.4, -0.2) is 22.5 Å². The summed E-state index contributed by atoms with van der Waals surface area (Å²) in [6, 6.07) is 2.39. The molecular formula is C10H14BrN3S. The van der Waals surface area contributed by atoms with Crippen molar-refractivity contribution in [3.05, 3.63) is 16.7 Å². The lowest BCUT2D eigenvalue weighted by atomic mass is 10.2. The Morgan fingerprint density at radius 1 is 1.60 bits per heavy atom. The molecule has 2 heterocycles. The van der Waals surface area contributed by atoms with E-state index >= 15 is 0 Å². The van der Waals surface area contributed by atoms with Gasteiger partial charge in [-0.05, 0) is 40.6 Å². The van der Waals surface area contributed by atoms with Crippen molar-refractivity contribution in [1.82, 2.24) is 4.98 Å². The van der Waals surface area contributed by atoms with Gasteiger partial charge in [0.25, 0.3) is 0 Å². The summed E-state index contributed by atoms with van der Waals surface area (Å²) in [5.74, 6) is 3.24. The van der Waals surface area contributed by atoms with E-state index < -0.39 is 0 Å². The first kappa shape index (κ1) is 11.1. The van der Waals surface area contributed by atoms with Gasteiger partial charge in [0, 0.05) is 22.5 Å². The van der Waals surface area contributed by atoms with Crippen molar-refractivity contribution < 1.29 is 0 Å². The van der Waals surface area contributed by atoms with Gasteiger partial charge in [-0.15, -0.1) is 0 Å². The molecule has 0 bridgehead atoms. The molecule has 1 aromatic rings. The normalized spacial score (nSPS) is 21.3. The molecule has 2 rings (SSSR count). The number of hydrogen-bond acceptors (Lipinski definition) is 4. The topological polar surface area (TPSA) is 50.9 Å². The molecule has 1 saturated heterocycles. The summed E-state index contributed by atoms with van der Waals surface area (Å²) in [5.41, 5.74) is 6.59. The Hall–Kier alpha value is -0.420. The molecule has 1 aliphatic rings. The third-order valence-electron chi connectivity index (χ3n) is 2.38. The van der Waals surface area contributed by atoms with Crippen molar-refractivity contribution in [2.24, 2.45) is 0 Å². The van der Waals surface area contributed by atoms with Crippen LogP contribution in [0.4, 0.5) is 11.5 Å². The molecule has 0 radical (unpaired) electrons. The average Bonchev–Trinajstić information content (AvgIpc) is 2.24. The Morgan fingerprint density at radius 3 is 3.13 bits per heavy atom. The number of rotatable bonds is 2. The minimum atomic E-state index is 0.514. The van der Waals surface area contributed by atoms with Gasteiger partial charge >= 0.3 is 0 Å². The first-order chi connectivity index (χ1) is 7.25. The minimum Gasteiger partial charge on any atom is -0.396 e. The molecule has 3 nitrogen and oxygen atoms in total. The van der Waals surface area contributed by atoms with Gasteiger partial charge in [0.15, 0.2) is 0 Å². The van der Waals surface area contributed by atoms with Crippen LogP contribution in [0.15, 0.2) is 16.7 Å². The lowest BCUT2D eigenvalue weighted by Gasteiger charge is -2.23. The van der Waals surface area contributed by atoms with E-state index in [0.717, 1.165) is 16.0 Å². The first-order valence-electron chi connectivity index (χ1n) is 5.01. The number of pyridine rings is 1. The third-order valence-corrected chi connectivity index (χ3v) is 4.03. The van der Waals surface area contributed by atoms with Gasteiger partial charge in [-0.25, -0.2) is 4.98 Å². The van der Waals surface area contributed by atoms with Crippen molar-refractivity contribution in [1.29, 1.82) is 0 Å². The molecule has 5 heteroatoms. The van der Waals surface area contributed by atoms with Crippen molar-refractivity contribution in [2.45, 2.75) is 18.9 Å². The molecule has 0 saturated carbocycles. The fourth-order valence-corrected chi connectivity index (χ4v) is 3.04.